The first-order chi connectivity index (χ1) is 18.6. The molecule has 3 aromatic carbocycles. The predicted molar refractivity (Wildman–Crippen MR) is 144 cm³/mol. The number of aryl methyl sites for hydroxylation is 1. The number of aromatic nitrogens is 2. The van der Waals surface area contributed by atoms with Gasteiger partial charge in [0, 0.05) is 13.1 Å². The molecule has 6 nitrogen and oxygen atoms in total. The highest BCUT2D eigenvalue weighted by Gasteiger charge is 2.24. The summed E-state index contributed by atoms with van der Waals surface area (Å²) in [5.41, 5.74) is 3.29. The molecular weight excluding hydrogens is 481 g/mol. The van der Waals surface area contributed by atoms with Crippen molar-refractivity contribution in [2.45, 2.75) is 32.5 Å². The summed E-state index contributed by atoms with van der Waals surface area (Å²) in [6.07, 6.45) is 1.63. The summed E-state index contributed by atoms with van der Waals surface area (Å²) in [6.45, 7) is 3.37. The number of halogens is 1. The van der Waals surface area contributed by atoms with Gasteiger partial charge in [0.15, 0.2) is 0 Å². The topological polar surface area (TPSA) is 63.7 Å². The summed E-state index contributed by atoms with van der Waals surface area (Å²) < 4.78 is 27.5. The number of benzene rings is 3. The van der Waals surface area contributed by atoms with Crippen molar-refractivity contribution in [2.75, 3.05) is 6.54 Å². The van der Waals surface area contributed by atoms with E-state index < -0.39 is 6.10 Å². The van der Waals surface area contributed by atoms with Crippen LogP contribution in [0.1, 0.15) is 35.6 Å². The maximum Gasteiger partial charge on any atom is 0.227 e. The van der Waals surface area contributed by atoms with E-state index in [0.717, 1.165) is 22.6 Å². The van der Waals surface area contributed by atoms with Gasteiger partial charge in [0.05, 0.1) is 35.9 Å². The molecule has 0 spiro atoms. The highest BCUT2D eigenvalue weighted by molar-refractivity contribution is 5.44. The normalized spacial score (nSPS) is 12.1. The highest BCUT2D eigenvalue weighted by atomic mass is 19.1. The molecule has 7 heteroatoms. The molecule has 2 heterocycles. The van der Waals surface area contributed by atoms with E-state index in [9.17, 15) is 9.50 Å². The van der Waals surface area contributed by atoms with Gasteiger partial charge in [-0.1, -0.05) is 55.5 Å². The quantitative estimate of drug-likeness (QED) is 0.214. The zero-order chi connectivity index (χ0) is 26.3. The van der Waals surface area contributed by atoms with E-state index in [-0.39, 0.29) is 5.82 Å². The molecule has 38 heavy (non-hydrogen) atoms. The molecule has 0 amide bonds. The van der Waals surface area contributed by atoms with Crippen LogP contribution < -0.4 is 4.74 Å². The Hall–Kier alpha value is -4.20. The molecule has 1 atom stereocenters. The molecule has 0 radical (unpaired) electrons. The van der Waals surface area contributed by atoms with Gasteiger partial charge in [-0.2, -0.15) is 5.10 Å². The van der Waals surface area contributed by atoms with Crippen molar-refractivity contribution in [1.82, 2.24) is 14.7 Å². The number of furan rings is 1. The Morgan fingerprint density at radius 2 is 1.63 bits per heavy atom. The molecule has 0 aliphatic rings. The molecule has 194 valence electrons. The van der Waals surface area contributed by atoms with Crippen LogP contribution in [-0.2, 0) is 19.5 Å². The number of nitrogens with zero attached hydrogens (tertiary/aromatic N) is 3. The molecule has 0 saturated carbocycles. The van der Waals surface area contributed by atoms with Crippen molar-refractivity contribution < 1.29 is 18.7 Å². The first-order valence-corrected chi connectivity index (χ1v) is 12.7. The van der Waals surface area contributed by atoms with Crippen LogP contribution in [0.2, 0.25) is 0 Å². The third-order valence-corrected chi connectivity index (χ3v) is 6.34. The fraction of sp³-hybridized carbons (Fsp3) is 0.194. The second-order valence-corrected chi connectivity index (χ2v) is 9.06. The summed E-state index contributed by atoms with van der Waals surface area (Å²) in [5.74, 6) is 1.70. The molecule has 2 aromatic heterocycles. The van der Waals surface area contributed by atoms with Crippen LogP contribution in [0.5, 0.6) is 11.6 Å². The fourth-order valence-electron chi connectivity index (χ4n) is 4.44. The molecule has 0 fully saturated rings. The number of aliphatic hydroxyl groups excluding tert-OH is 1. The average Bonchev–Trinajstić information content (AvgIpc) is 3.58. The van der Waals surface area contributed by atoms with E-state index in [1.165, 1.54) is 12.1 Å². The summed E-state index contributed by atoms with van der Waals surface area (Å²) in [6, 6.07) is 29.1. The zero-order valence-electron chi connectivity index (χ0n) is 21.2. The van der Waals surface area contributed by atoms with Crippen LogP contribution in [0.15, 0.2) is 108 Å². The molecule has 1 N–H and O–H groups in total. The molecule has 5 rings (SSSR count). The van der Waals surface area contributed by atoms with Gasteiger partial charge < -0.3 is 14.3 Å². The van der Waals surface area contributed by atoms with Gasteiger partial charge in [0.25, 0.3) is 0 Å². The maximum absolute atomic E-state index is 13.7. The second kappa shape index (κ2) is 11.9. The number of hydrogen-bond donors (Lipinski definition) is 1. The van der Waals surface area contributed by atoms with E-state index >= 15 is 0 Å². The second-order valence-electron chi connectivity index (χ2n) is 9.06. The van der Waals surface area contributed by atoms with Crippen molar-refractivity contribution in [3.05, 3.63) is 132 Å². The highest BCUT2D eigenvalue weighted by Crippen LogP contribution is 2.33. The van der Waals surface area contributed by atoms with Crippen molar-refractivity contribution in [3.63, 3.8) is 0 Å². The Kier molecular flexibility index (Phi) is 7.97. The number of aliphatic hydroxyl groups is 1. The van der Waals surface area contributed by atoms with E-state index in [4.69, 9.17) is 14.3 Å². The minimum Gasteiger partial charge on any atom is -0.468 e. The third-order valence-electron chi connectivity index (χ3n) is 6.34. The Morgan fingerprint density at radius 3 is 2.29 bits per heavy atom. The molecule has 0 bridgehead atoms. The lowest BCUT2D eigenvalue weighted by Crippen LogP contribution is -2.28. The summed E-state index contributed by atoms with van der Waals surface area (Å²) >= 11 is 0. The maximum atomic E-state index is 13.7. The van der Waals surface area contributed by atoms with Crippen LogP contribution in [-0.4, -0.2) is 26.3 Å². The molecule has 0 saturated heterocycles. The van der Waals surface area contributed by atoms with E-state index in [1.54, 1.807) is 23.1 Å². The van der Waals surface area contributed by atoms with Gasteiger partial charge in [-0.15, -0.1) is 0 Å². The summed E-state index contributed by atoms with van der Waals surface area (Å²) in [5, 5.41) is 15.9. The van der Waals surface area contributed by atoms with Crippen molar-refractivity contribution in [1.29, 1.82) is 0 Å². The first-order valence-electron chi connectivity index (χ1n) is 12.7. The minimum atomic E-state index is -0.693. The van der Waals surface area contributed by atoms with Gasteiger partial charge >= 0.3 is 0 Å². The van der Waals surface area contributed by atoms with Gasteiger partial charge in [-0.05, 0) is 60.5 Å². The van der Waals surface area contributed by atoms with Gasteiger partial charge in [-0.3, -0.25) is 4.90 Å². The van der Waals surface area contributed by atoms with Crippen molar-refractivity contribution in [2.24, 2.45) is 0 Å². The van der Waals surface area contributed by atoms with Gasteiger partial charge in [0.1, 0.15) is 17.3 Å². The Balaban J connectivity index is 1.54. The van der Waals surface area contributed by atoms with E-state index in [2.05, 4.69) is 4.90 Å². The van der Waals surface area contributed by atoms with Gasteiger partial charge in [-0.25, -0.2) is 9.07 Å². The van der Waals surface area contributed by atoms with E-state index in [1.807, 2.05) is 79.7 Å². The van der Waals surface area contributed by atoms with Crippen LogP contribution in [0.4, 0.5) is 4.39 Å². The monoisotopic (exact) mass is 511 g/mol. The Morgan fingerprint density at radius 1 is 0.921 bits per heavy atom. The molecule has 0 aliphatic carbocycles. The lowest BCUT2D eigenvalue weighted by Gasteiger charge is -2.25. The van der Waals surface area contributed by atoms with Crippen LogP contribution >= 0.6 is 0 Å². The third kappa shape index (κ3) is 6.02. The number of rotatable bonds is 11. The fourth-order valence-corrected chi connectivity index (χ4v) is 4.44. The molecular formula is C31H30FN3O3. The molecule has 5 aromatic rings. The minimum absolute atomic E-state index is 0.318. The van der Waals surface area contributed by atoms with Crippen LogP contribution in [0.25, 0.3) is 5.69 Å². The smallest absolute Gasteiger partial charge is 0.227 e. The predicted octanol–water partition coefficient (Wildman–Crippen LogP) is 6.69. The standard InChI is InChI=1S/C31H30FN3O3/c1-2-29-28(21-34(20-27-14-9-19-37-27)22-30(36)23-10-5-3-6-11-23)31(38-26-12-7-4-8-13-26)35(33-29)25-17-15-24(32)16-18-25/h3-19,30,36H,2,20-22H2,1H3. The lowest BCUT2D eigenvalue weighted by molar-refractivity contribution is 0.0998. The Labute approximate surface area is 221 Å². The molecule has 1 unspecified atom stereocenters. The lowest BCUT2D eigenvalue weighted by atomic mass is 10.1. The van der Waals surface area contributed by atoms with Crippen molar-refractivity contribution >= 4 is 0 Å². The number of ether oxygens (including phenoxy) is 1. The summed E-state index contributed by atoms with van der Waals surface area (Å²) in [7, 11) is 0. The van der Waals surface area contributed by atoms with Crippen LogP contribution in [0, 0.1) is 5.82 Å². The van der Waals surface area contributed by atoms with Gasteiger partial charge in [0.2, 0.25) is 5.88 Å². The average molecular weight is 512 g/mol. The molecule has 0 aliphatic heterocycles. The Bertz CT molecular complexity index is 1420. The zero-order valence-corrected chi connectivity index (χ0v) is 21.2. The summed E-state index contributed by atoms with van der Waals surface area (Å²) in [4.78, 5) is 2.12. The van der Waals surface area contributed by atoms with Crippen molar-refractivity contribution in [3.8, 4) is 17.3 Å². The largest absolute Gasteiger partial charge is 0.468 e. The first kappa shape index (κ1) is 25.4. The number of para-hydroxylation sites is 1. The number of hydrogen-bond acceptors (Lipinski definition) is 5. The SMILES string of the molecule is CCc1nn(-c2ccc(F)cc2)c(Oc2ccccc2)c1CN(Cc1ccco1)CC(O)c1ccccc1. The van der Waals surface area contributed by atoms with Crippen LogP contribution in [0.3, 0.4) is 0 Å². The van der Waals surface area contributed by atoms with E-state index in [0.29, 0.717) is 43.4 Å².